The molecule has 4 atom stereocenters. The van der Waals surface area contributed by atoms with Crippen LogP contribution in [-0.4, -0.2) is 40.2 Å². The minimum atomic E-state index is -0.453. The zero-order chi connectivity index (χ0) is 20.5. The quantitative estimate of drug-likeness (QED) is 0.679. The lowest BCUT2D eigenvalue weighted by atomic mass is 9.87. The maximum absolute atomic E-state index is 12.8. The number of carbonyl (C=O) groups is 2. The minimum Gasteiger partial charge on any atom is -0.454 e. The van der Waals surface area contributed by atoms with E-state index >= 15 is 0 Å². The van der Waals surface area contributed by atoms with Crippen LogP contribution in [0.4, 0.5) is 0 Å². The van der Waals surface area contributed by atoms with Gasteiger partial charge in [0, 0.05) is 18.0 Å². The number of hydrogen-bond donors (Lipinski definition) is 2. The molecule has 2 saturated carbocycles. The normalized spacial score (nSPS) is 28.5. The predicted molar refractivity (Wildman–Crippen MR) is 109 cm³/mol. The van der Waals surface area contributed by atoms with Crippen molar-refractivity contribution in [1.82, 2.24) is 20.8 Å². The molecular weight excluding hydrogens is 404 g/mol. The number of nitrogens with zero attached hydrogens (tertiary/aromatic N) is 2. The largest absolute Gasteiger partial charge is 0.454 e. The van der Waals surface area contributed by atoms with Gasteiger partial charge >= 0.3 is 5.97 Å². The van der Waals surface area contributed by atoms with Crippen molar-refractivity contribution < 1.29 is 18.7 Å². The lowest BCUT2D eigenvalue weighted by Gasteiger charge is -2.30. The molecule has 1 saturated heterocycles. The van der Waals surface area contributed by atoms with E-state index in [1.807, 2.05) is 17.5 Å². The summed E-state index contributed by atoms with van der Waals surface area (Å²) < 4.78 is 11.0. The van der Waals surface area contributed by atoms with Crippen molar-refractivity contribution in [3.8, 4) is 10.8 Å². The van der Waals surface area contributed by atoms with Gasteiger partial charge in [0.15, 0.2) is 6.61 Å². The topological polar surface area (TPSA) is 106 Å². The molecule has 2 bridgehead atoms. The molecule has 0 spiro atoms. The van der Waals surface area contributed by atoms with E-state index in [2.05, 4.69) is 20.8 Å². The summed E-state index contributed by atoms with van der Waals surface area (Å²) in [5, 5.41) is 16.4. The zero-order valence-electron chi connectivity index (χ0n) is 16.7. The Morgan fingerprint density at radius 1 is 1.23 bits per heavy atom. The molecule has 9 heteroatoms. The number of amides is 1. The molecule has 0 radical (unpaired) electrons. The summed E-state index contributed by atoms with van der Waals surface area (Å²) in [6.45, 7) is -0.0638. The monoisotopic (exact) mass is 430 g/mol. The van der Waals surface area contributed by atoms with Crippen LogP contribution in [0, 0.1) is 11.8 Å². The van der Waals surface area contributed by atoms with Crippen molar-refractivity contribution in [2.75, 3.05) is 0 Å². The molecule has 2 aliphatic carbocycles. The van der Waals surface area contributed by atoms with Gasteiger partial charge in [-0.25, -0.2) is 0 Å². The highest BCUT2D eigenvalue weighted by atomic mass is 32.1. The molecule has 1 aliphatic heterocycles. The molecule has 8 nitrogen and oxygen atoms in total. The SMILES string of the molecule is O=C(NC1CCCCC1)C1C[C@H]2C[C@@H]1[C@@H](C(=O)OCc1nnc(-c3cccs3)o1)N2. The van der Waals surface area contributed by atoms with Crippen LogP contribution in [0.2, 0.25) is 0 Å². The second-order valence-corrected chi connectivity index (χ2v) is 9.46. The average Bonchev–Trinajstić information content (AvgIpc) is 3.56. The van der Waals surface area contributed by atoms with E-state index in [-0.39, 0.29) is 42.3 Å². The second kappa shape index (κ2) is 8.47. The Morgan fingerprint density at radius 3 is 2.87 bits per heavy atom. The third-order valence-corrected chi connectivity index (χ3v) is 7.39. The van der Waals surface area contributed by atoms with E-state index in [9.17, 15) is 9.59 Å². The van der Waals surface area contributed by atoms with E-state index in [1.54, 1.807) is 0 Å². The van der Waals surface area contributed by atoms with Gasteiger partial charge in [0.05, 0.1) is 4.88 Å². The number of fused-ring (bicyclic) bond motifs is 2. The highest BCUT2D eigenvalue weighted by molar-refractivity contribution is 7.13. The van der Waals surface area contributed by atoms with E-state index in [0.717, 1.165) is 30.6 Å². The van der Waals surface area contributed by atoms with Gasteiger partial charge in [0.2, 0.25) is 5.91 Å². The predicted octanol–water partition coefficient (Wildman–Crippen LogP) is 2.66. The van der Waals surface area contributed by atoms with E-state index in [4.69, 9.17) is 9.15 Å². The Kier molecular flexibility index (Phi) is 5.56. The maximum atomic E-state index is 12.8. The van der Waals surface area contributed by atoms with Crippen LogP contribution in [0.1, 0.15) is 50.8 Å². The van der Waals surface area contributed by atoms with Crippen molar-refractivity contribution in [3.63, 3.8) is 0 Å². The highest BCUT2D eigenvalue weighted by Gasteiger charge is 2.52. The first-order valence-corrected chi connectivity index (χ1v) is 11.6. The zero-order valence-corrected chi connectivity index (χ0v) is 17.5. The lowest BCUT2D eigenvalue weighted by molar-refractivity contribution is -0.150. The summed E-state index contributed by atoms with van der Waals surface area (Å²) in [6.07, 6.45) is 7.38. The summed E-state index contributed by atoms with van der Waals surface area (Å²) in [5.41, 5.74) is 0. The standard InChI is InChI=1S/C21H26N4O4S/c26-19(23-12-5-2-1-3-6-12)15-10-13-9-14(15)18(22-13)21(27)28-11-17-24-25-20(29-17)16-7-4-8-30-16/h4,7-8,12-15,18,22H,1-3,5-6,9-11H2,(H,23,26)/t13-,14+,15?,18+/m1/s1. The first-order valence-electron chi connectivity index (χ1n) is 10.8. The number of nitrogens with one attached hydrogen (secondary N) is 2. The van der Waals surface area contributed by atoms with Gasteiger partial charge in [0.25, 0.3) is 11.8 Å². The summed E-state index contributed by atoms with van der Waals surface area (Å²) in [6, 6.07) is 3.84. The maximum Gasteiger partial charge on any atom is 0.323 e. The molecule has 160 valence electrons. The lowest BCUT2D eigenvalue weighted by Crippen LogP contribution is -2.50. The fourth-order valence-electron chi connectivity index (χ4n) is 5.09. The molecule has 1 amide bonds. The molecule has 2 aromatic heterocycles. The van der Waals surface area contributed by atoms with Crippen molar-refractivity contribution in [2.45, 2.75) is 69.7 Å². The van der Waals surface area contributed by atoms with Crippen LogP contribution >= 0.6 is 11.3 Å². The number of aromatic nitrogens is 2. The smallest absolute Gasteiger partial charge is 0.323 e. The molecule has 3 fully saturated rings. The molecule has 30 heavy (non-hydrogen) atoms. The first-order chi connectivity index (χ1) is 14.7. The number of carbonyl (C=O) groups excluding carboxylic acids is 2. The first kappa shape index (κ1) is 19.7. The van der Waals surface area contributed by atoms with Gasteiger partial charge in [-0.15, -0.1) is 21.5 Å². The molecule has 2 aromatic rings. The number of hydrogen-bond acceptors (Lipinski definition) is 8. The molecule has 2 N–H and O–H groups in total. The summed E-state index contributed by atoms with van der Waals surface area (Å²) >= 11 is 1.51. The van der Waals surface area contributed by atoms with Gasteiger partial charge in [-0.2, -0.15) is 0 Å². The van der Waals surface area contributed by atoms with Crippen LogP contribution in [0.3, 0.4) is 0 Å². The summed E-state index contributed by atoms with van der Waals surface area (Å²) in [4.78, 5) is 26.4. The van der Waals surface area contributed by atoms with Gasteiger partial charge in [-0.3, -0.25) is 9.59 Å². The number of thiophene rings is 1. The van der Waals surface area contributed by atoms with Gasteiger partial charge in [0.1, 0.15) is 6.04 Å². The summed E-state index contributed by atoms with van der Waals surface area (Å²) in [5.74, 6) is 0.301. The Morgan fingerprint density at radius 2 is 2.10 bits per heavy atom. The van der Waals surface area contributed by atoms with Crippen LogP contribution in [0.5, 0.6) is 0 Å². The van der Waals surface area contributed by atoms with Gasteiger partial charge in [-0.1, -0.05) is 25.3 Å². The van der Waals surface area contributed by atoms with Crippen LogP contribution in [0.15, 0.2) is 21.9 Å². The summed E-state index contributed by atoms with van der Waals surface area (Å²) in [7, 11) is 0. The molecular formula is C21H26N4O4S. The van der Waals surface area contributed by atoms with Crippen molar-refractivity contribution in [2.24, 2.45) is 11.8 Å². The average molecular weight is 431 g/mol. The molecule has 1 unspecified atom stereocenters. The van der Waals surface area contributed by atoms with E-state index in [1.165, 1.54) is 30.6 Å². The third kappa shape index (κ3) is 4.00. The molecule has 3 aliphatic rings. The van der Waals surface area contributed by atoms with Crippen molar-refractivity contribution in [1.29, 1.82) is 0 Å². The fraction of sp³-hybridized carbons (Fsp3) is 0.619. The molecule has 5 rings (SSSR count). The molecule has 3 heterocycles. The van der Waals surface area contributed by atoms with Crippen LogP contribution < -0.4 is 10.6 Å². The Balaban J connectivity index is 1.16. The van der Waals surface area contributed by atoms with Crippen molar-refractivity contribution >= 4 is 23.2 Å². The highest BCUT2D eigenvalue weighted by Crippen LogP contribution is 2.41. The Bertz CT molecular complexity index is 893. The molecule has 0 aromatic carbocycles. The van der Waals surface area contributed by atoms with E-state index in [0.29, 0.717) is 11.9 Å². The van der Waals surface area contributed by atoms with Gasteiger partial charge in [-0.05, 0) is 43.0 Å². The van der Waals surface area contributed by atoms with Gasteiger partial charge < -0.3 is 19.8 Å². The van der Waals surface area contributed by atoms with Crippen LogP contribution in [-0.2, 0) is 20.9 Å². The number of esters is 1. The third-order valence-electron chi connectivity index (χ3n) is 6.53. The van der Waals surface area contributed by atoms with Crippen LogP contribution in [0.25, 0.3) is 10.8 Å². The fourth-order valence-corrected chi connectivity index (χ4v) is 5.73. The number of piperidine rings is 1. The Hall–Kier alpha value is -2.26. The minimum absolute atomic E-state index is 0.0181. The number of rotatable bonds is 6. The van der Waals surface area contributed by atoms with Crippen molar-refractivity contribution in [3.05, 3.63) is 23.4 Å². The second-order valence-electron chi connectivity index (χ2n) is 8.51. The number of ether oxygens (including phenoxy) is 1. The van der Waals surface area contributed by atoms with E-state index < -0.39 is 6.04 Å². The Labute approximate surface area is 178 Å².